The predicted octanol–water partition coefficient (Wildman–Crippen LogP) is 3.21. The van der Waals surface area contributed by atoms with Gasteiger partial charge in [-0.2, -0.15) is 0 Å². The van der Waals surface area contributed by atoms with Gasteiger partial charge >= 0.3 is 5.97 Å². The molecule has 0 bridgehead atoms. The molecule has 0 aromatic carbocycles. The standard InChI is InChI=1S/C15H26O3.Rf/c1-11-2-4-12(5-3-11)13-6-8-15(18,9-7-13)10-14(16)17;/h11-13,18H,2-10H2,1H3,(H,16,17);. The molecule has 2 aliphatic rings. The van der Waals surface area contributed by atoms with Crippen LogP contribution in [0.25, 0.3) is 0 Å². The Bertz CT molecular complexity index is 290. The van der Waals surface area contributed by atoms with Crippen LogP contribution in [0.1, 0.15) is 64.7 Å². The Morgan fingerprint density at radius 1 is 1.05 bits per heavy atom. The molecule has 0 radical (unpaired) electrons. The first-order valence-corrected chi connectivity index (χ1v) is 7.43. The van der Waals surface area contributed by atoms with Gasteiger partial charge in [0, 0.05) is 0 Å². The first-order chi connectivity index (χ1) is 8.48. The topological polar surface area (TPSA) is 57.5 Å². The van der Waals surface area contributed by atoms with Gasteiger partial charge in [-0.15, -0.1) is 0 Å². The largest absolute Gasteiger partial charge is 0.481 e. The van der Waals surface area contributed by atoms with Crippen LogP contribution in [0.3, 0.4) is 0 Å². The van der Waals surface area contributed by atoms with Gasteiger partial charge in [0.25, 0.3) is 0 Å². The van der Waals surface area contributed by atoms with Crippen LogP contribution in [0.5, 0.6) is 0 Å². The number of rotatable bonds is 3. The molecule has 106 valence electrons. The number of carboxylic acids is 1. The van der Waals surface area contributed by atoms with Crippen LogP contribution in [-0.2, 0) is 4.79 Å². The molecule has 2 N–H and O–H groups in total. The summed E-state index contributed by atoms with van der Waals surface area (Å²) in [5.74, 6) is 1.57. The Balaban J connectivity index is 0.00000180. The van der Waals surface area contributed by atoms with Gasteiger partial charge in [-0.1, -0.05) is 19.8 Å². The molecule has 0 aliphatic heterocycles. The minimum atomic E-state index is -0.926. The third kappa shape index (κ3) is 3.95. The van der Waals surface area contributed by atoms with E-state index in [9.17, 15) is 9.90 Å². The van der Waals surface area contributed by atoms with E-state index in [-0.39, 0.29) is 6.42 Å². The maximum absolute atomic E-state index is 10.7. The second kappa shape index (κ2) is 6.05. The second-order valence-corrected chi connectivity index (χ2v) is 6.65. The third-order valence-electron chi connectivity index (χ3n) is 5.17. The molecule has 0 spiro atoms. The molecule has 2 rings (SSSR count). The van der Waals surface area contributed by atoms with E-state index in [1.165, 1.54) is 25.7 Å². The molecule has 3 nitrogen and oxygen atoms in total. The summed E-state index contributed by atoms with van der Waals surface area (Å²) in [6.07, 6.45) is 8.67. The summed E-state index contributed by atoms with van der Waals surface area (Å²) < 4.78 is 0. The molecule has 0 saturated heterocycles. The molecular formula is C15H26O3Rf. The molecule has 0 amide bonds. The Kier molecular flexibility index (Phi) is 4.93. The number of aliphatic hydroxyl groups is 1. The quantitative estimate of drug-likeness (QED) is 0.600. The summed E-state index contributed by atoms with van der Waals surface area (Å²) in [7, 11) is 0. The molecule has 2 aliphatic carbocycles. The van der Waals surface area contributed by atoms with Gasteiger partial charge in [-0.25, -0.2) is 0 Å². The van der Waals surface area contributed by atoms with Crippen molar-refractivity contribution in [3.8, 4) is 0 Å². The average Bonchev–Trinajstić information content (AvgIpc) is 2.30. The SMILES string of the molecule is CC1CCC(C2CCC(O)(CC(=O)O)CC2)CC1.[Rf]. The molecule has 2 saturated carbocycles. The number of carbonyl (C=O) groups is 1. The minimum Gasteiger partial charge on any atom is -0.481 e. The van der Waals surface area contributed by atoms with Gasteiger partial charge in [-0.3, -0.25) is 4.79 Å². The van der Waals surface area contributed by atoms with E-state index >= 15 is 0 Å². The Morgan fingerprint density at radius 3 is 2.00 bits per heavy atom. The fraction of sp³-hybridized carbons (Fsp3) is 0.933. The summed E-state index contributed by atoms with van der Waals surface area (Å²) in [5, 5.41) is 19.0. The van der Waals surface area contributed by atoms with Crippen LogP contribution in [-0.4, -0.2) is 21.8 Å². The van der Waals surface area contributed by atoms with Crippen molar-refractivity contribution in [3.63, 3.8) is 0 Å². The van der Waals surface area contributed by atoms with Crippen LogP contribution in [0, 0.1) is 17.8 Å². The number of aliphatic carboxylic acids is 1. The van der Waals surface area contributed by atoms with E-state index in [4.69, 9.17) is 5.11 Å². The second-order valence-electron chi connectivity index (χ2n) is 6.65. The molecule has 0 atom stereocenters. The fourth-order valence-corrected chi connectivity index (χ4v) is 3.86. The van der Waals surface area contributed by atoms with E-state index in [0.717, 1.165) is 30.6 Å². The Labute approximate surface area is 110 Å². The summed E-state index contributed by atoms with van der Waals surface area (Å²) in [4.78, 5) is 10.7. The maximum Gasteiger partial charge on any atom is 0.306 e. The molecule has 19 heavy (non-hydrogen) atoms. The summed E-state index contributed by atoms with van der Waals surface area (Å²) in [6.45, 7) is 2.34. The molecule has 0 aromatic heterocycles. The van der Waals surface area contributed by atoms with Crippen molar-refractivity contribution in [3.05, 3.63) is 0 Å². The van der Waals surface area contributed by atoms with Crippen LogP contribution in [0.15, 0.2) is 0 Å². The smallest absolute Gasteiger partial charge is 0.306 e. The van der Waals surface area contributed by atoms with Crippen molar-refractivity contribution in [2.75, 3.05) is 0 Å². The van der Waals surface area contributed by atoms with Crippen LogP contribution >= 0.6 is 0 Å². The number of carboxylic acid groups (broad SMARTS) is 1. The van der Waals surface area contributed by atoms with E-state index in [1.54, 1.807) is 0 Å². The molecule has 0 aromatic rings. The zero-order chi connectivity index (χ0) is 13.2. The van der Waals surface area contributed by atoms with E-state index < -0.39 is 11.6 Å². The molecular weight excluding hydrogens is 495 g/mol. The first-order valence-electron chi connectivity index (χ1n) is 7.43. The van der Waals surface area contributed by atoms with Crippen LogP contribution < -0.4 is 0 Å². The van der Waals surface area contributed by atoms with E-state index in [0.29, 0.717) is 12.8 Å². The number of hydrogen-bond acceptors (Lipinski definition) is 2. The summed E-state index contributed by atoms with van der Waals surface area (Å²) in [6, 6.07) is 0. The van der Waals surface area contributed by atoms with Gasteiger partial charge in [0.2, 0.25) is 0 Å². The van der Waals surface area contributed by atoms with Crippen molar-refractivity contribution >= 4 is 5.97 Å². The maximum atomic E-state index is 10.7. The van der Waals surface area contributed by atoms with E-state index in [2.05, 4.69) is 6.92 Å². The minimum absolute atomic E-state index is 0. The monoisotopic (exact) mass is 521 g/mol. The predicted molar refractivity (Wildman–Crippen MR) is 70.3 cm³/mol. The van der Waals surface area contributed by atoms with Crippen LogP contribution in [0.2, 0.25) is 0 Å². The van der Waals surface area contributed by atoms with Gasteiger partial charge in [0.05, 0.1) is 12.0 Å². The summed E-state index contributed by atoms with van der Waals surface area (Å²) >= 11 is 0. The van der Waals surface area contributed by atoms with E-state index in [1.807, 2.05) is 0 Å². The van der Waals surface area contributed by atoms with Gasteiger partial charge < -0.3 is 10.2 Å². The fourth-order valence-electron chi connectivity index (χ4n) is 3.86. The van der Waals surface area contributed by atoms with Crippen molar-refractivity contribution < 1.29 is 15.0 Å². The zero-order valence-electron chi connectivity index (χ0n) is 12.1. The Morgan fingerprint density at radius 2 is 1.53 bits per heavy atom. The first kappa shape index (κ1) is 15.5. The van der Waals surface area contributed by atoms with Crippen molar-refractivity contribution in [1.29, 1.82) is 0 Å². The molecule has 4 heteroatoms. The Hall–Kier alpha value is -1.57. The van der Waals surface area contributed by atoms with Gasteiger partial charge in [0.15, 0.2) is 0 Å². The molecule has 0 unspecified atom stereocenters. The average molecular weight is 521 g/mol. The molecule has 2 fully saturated rings. The van der Waals surface area contributed by atoms with Gasteiger partial charge in [0.1, 0.15) is 0 Å². The van der Waals surface area contributed by atoms with Crippen molar-refractivity contribution in [2.45, 2.75) is 70.3 Å². The van der Waals surface area contributed by atoms with Crippen LogP contribution in [0.4, 0.5) is 0 Å². The van der Waals surface area contributed by atoms with Gasteiger partial charge in [-0.05, 0) is 56.3 Å². The summed E-state index contributed by atoms with van der Waals surface area (Å²) in [5.41, 5.74) is -0.926. The third-order valence-corrected chi connectivity index (χ3v) is 5.17. The number of hydrogen-bond donors (Lipinski definition) is 2. The van der Waals surface area contributed by atoms with Crippen molar-refractivity contribution in [2.24, 2.45) is 17.8 Å². The normalized spacial score (nSPS) is 39.4. The zero-order valence-corrected chi connectivity index (χ0v) is 18.5. The van der Waals surface area contributed by atoms with Crippen molar-refractivity contribution in [1.82, 2.24) is 0 Å². The molecule has 0 heterocycles.